The number of ether oxygens (including phenoxy) is 1. The summed E-state index contributed by atoms with van der Waals surface area (Å²) in [6, 6.07) is 14.5. The Morgan fingerprint density at radius 1 is 1.00 bits per heavy atom. The topological polar surface area (TPSA) is 35.0 Å². The van der Waals surface area contributed by atoms with Gasteiger partial charge in [-0.1, -0.05) is 55.8 Å². The van der Waals surface area contributed by atoms with E-state index in [0.717, 1.165) is 24.1 Å². The van der Waals surface area contributed by atoms with Crippen LogP contribution in [-0.4, -0.2) is 16.6 Å². The fourth-order valence-electron chi connectivity index (χ4n) is 2.32. The third-order valence-corrected chi connectivity index (χ3v) is 3.43. The van der Waals surface area contributed by atoms with Crippen LogP contribution >= 0.6 is 0 Å². The average Bonchev–Trinajstić information content (AvgIpc) is 2.55. The Labute approximate surface area is 124 Å². The van der Waals surface area contributed by atoms with Crippen molar-refractivity contribution in [2.24, 2.45) is 0 Å². The lowest BCUT2D eigenvalue weighted by molar-refractivity contribution is 0.297. The molecule has 0 aliphatic rings. The van der Waals surface area contributed by atoms with E-state index in [0.29, 0.717) is 12.5 Å². The molecule has 0 radical (unpaired) electrons. The maximum Gasteiger partial charge on any atom is 0.232 e. The number of fused-ring (bicyclic) bond motifs is 1. The molecule has 0 fully saturated rings. The molecule has 0 aliphatic heterocycles. The number of benzene rings is 2. The molecule has 2 aromatic carbocycles. The molecule has 3 rings (SSSR count). The van der Waals surface area contributed by atoms with Crippen molar-refractivity contribution in [3.8, 4) is 17.1 Å². The van der Waals surface area contributed by atoms with Gasteiger partial charge in [-0.15, -0.1) is 0 Å². The lowest BCUT2D eigenvalue weighted by Gasteiger charge is -2.08. The van der Waals surface area contributed by atoms with Crippen molar-refractivity contribution in [3.63, 3.8) is 0 Å². The Balaban J connectivity index is 1.97. The van der Waals surface area contributed by atoms with Crippen molar-refractivity contribution >= 4 is 10.8 Å². The van der Waals surface area contributed by atoms with E-state index in [4.69, 9.17) is 4.74 Å². The first-order valence-corrected chi connectivity index (χ1v) is 7.31. The zero-order chi connectivity index (χ0) is 14.5. The zero-order valence-corrected chi connectivity index (χ0v) is 12.1. The van der Waals surface area contributed by atoms with E-state index in [9.17, 15) is 0 Å². The summed E-state index contributed by atoms with van der Waals surface area (Å²) in [5.41, 5.74) is 1.93. The van der Waals surface area contributed by atoms with E-state index in [-0.39, 0.29) is 0 Å². The van der Waals surface area contributed by atoms with Crippen molar-refractivity contribution in [3.05, 3.63) is 54.9 Å². The van der Waals surface area contributed by atoms with Crippen LogP contribution in [0.2, 0.25) is 0 Å². The van der Waals surface area contributed by atoms with Crippen LogP contribution in [0.25, 0.3) is 22.0 Å². The number of nitrogens with zero attached hydrogens (tertiary/aromatic N) is 2. The van der Waals surface area contributed by atoms with E-state index in [1.807, 2.05) is 18.2 Å². The minimum Gasteiger partial charge on any atom is -0.477 e. The van der Waals surface area contributed by atoms with Crippen molar-refractivity contribution in [1.82, 2.24) is 9.97 Å². The molecule has 0 spiro atoms. The summed E-state index contributed by atoms with van der Waals surface area (Å²) in [5.74, 6) is 0.592. The highest BCUT2D eigenvalue weighted by atomic mass is 16.5. The molecule has 1 aromatic heterocycles. The third kappa shape index (κ3) is 3.02. The molecule has 0 aliphatic carbocycles. The highest BCUT2D eigenvalue weighted by molar-refractivity contribution is 5.95. The number of hydrogen-bond donors (Lipinski definition) is 0. The Morgan fingerprint density at radius 3 is 2.76 bits per heavy atom. The van der Waals surface area contributed by atoms with Gasteiger partial charge in [-0.05, 0) is 17.2 Å². The van der Waals surface area contributed by atoms with Gasteiger partial charge in [-0.2, -0.15) is 0 Å². The Hall–Kier alpha value is -2.42. The summed E-state index contributed by atoms with van der Waals surface area (Å²) < 4.78 is 5.65. The van der Waals surface area contributed by atoms with Gasteiger partial charge >= 0.3 is 0 Å². The van der Waals surface area contributed by atoms with Crippen LogP contribution in [-0.2, 0) is 0 Å². The predicted octanol–water partition coefficient (Wildman–Crippen LogP) is 4.48. The van der Waals surface area contributed by atoms with Crippen molar-refractivity contribution in [1.29, 1.82) is 0 Å². The number of unbranched alkanes of at least 4 members (excludes halogenated alkanes) is 1. The molecule has 0 N–H and O–H groups in total. The van der Waals surface area contributed by atoms with Crippen molar-refractivity contribution in [2.75, 3.05) is 6.61 Å². The molecule has 0 bridgehead atoms. The molecule has 0 amide bonds. The number of aromatic nitrogens is 2. The SMILES string of the molecule is CCCCOc1cncc(-c2cccc3ccccc23)n1. The minimum atomic E-state index is 0.592. The monoisotopic (exact) mass is 278 g/mol. The molecule has 3 nitrogen and oxygen atoms in total. The predicted molar refractivity (Wildman–Crippen MR) is 85.4 cm³/mol. The standard InChI is InChI=1S/C18H18N2O/c1-2-3-11-21-18-13-19-12-17(20-18)16-10-6-8-14-7-4-5-9-15(14)16/h4-10,12-13H,2-3,11H2,1H3. The van der Waals surface area contributed by atoms with Crippen LogP contribution in [0.5, 0.6) is 5.88 Å². The lowest BCUT2D eigenvalue weighted by atomic mass is 10.0. The number of hydrogen-bond acceptors (Lipinski definition) is 3. The smallest absolute Gasteiger partial charge is 0.232 e. The summed E-state index contributed by atoms with van der Waals surface area (Å²) in [5, 5.41) is 2.38. The van der Waals surface area contributed by atoms with Crippen LogP contribution in [0.15, 0.2) is 54.9 Å². The molecular formula is C18H18N2O. The highest BCUT2D eigenvalue weighted by Crippen LogP contribution is 2.27. The normalized spacial score (nSPS) is 10.7. The summed E-state index contributed by atoms with van der Waals surface area (Å²) in [6.45, 7) is 2.83. The Morgan fingerprint density at radius 2 is 1.86 bits per heavy atom. The fourth-order valence-corrected chi connectivity index (χ4v) is 2.32. The van der Waals surface area contributed by atoms with Gasteiger partial charge in [0, 0.05) is 5.56 Å². The number of rotatable bonds is 5. The molecule has 0 saturated carbocycles. The zero-order valence-electron chi connectivity index (χ0n) is 12.1. The first-order valence-electron chi connectivity index (χ1n) is 7.31. The van der Waals surface area contributed by atoms with Gasteiger partial charge in [0.1, 0.15) is 0 Å². The van der Waals surface area contributed by atoms with Gasteiger partial charge in [-0.25, -0.2) is 4.98 Å². The largest absolute Gasteiger partial charge is 0.477 e. The van der Waals surface area contributed by atoms with Gasteiger partial charge in [0.15, 0.2) is 0 Å². The van der Waals surface area contributed by atoms with Crippen LogP contribution in [0.1, 0.15) is 19.8 Å². The minimum absolute atomic E-state index is 0.592. The van der Waals surface area contributed by atoms with E-state index in [1.165, 1.54) is 10.8 Å². The van der Waals surface area contributed by atoms with E-state index >= 15 is 0 Å². The van der Waals surface area contributed by atoms with Gasteiger partial charge in [0.2, 0.25) is 5.88 Å². The third-order valence-electron chi connectivity index (χ3n) is 3.43. The van der Waals surface area contributed by atoms with E-state index in [1.54, 1.807) is 12.4 Å². The first-order chi connectivity index (χ1) is 10.4. The molecule has 3 aromatic rings. The maximum atomic E-state index is 5.65. The molecule has 0 unspecified atom stereocenters. The van der Waals surface area contributed by atoms with Gasteiger partial charge in [0.05, 0.1) is 24.7 Å². The lowest BCUT2D eigenvalue weighted by Crippen LogP contribution is -2.00. The highest BCUT2D eigenvalue weighted by Gasteiger charge is 2.06. The Kier molecular flexibility index (Phi) is 4.10. The fraction of sp³-hybridized carbons (Fsp3) is 0.222. The summed E-state index contributed by atoms with van der Waals surface area (Å²) in [7, 11) is 0. The summed E-state index contributed by atoms with van der Waals surface area (Å²) in [4.78, 5) is 8.84. The van der Waals surface area contributed by atoms with Crippen LogP contribution in [0.4, 0.5) is 0 Å². The van der Waals surface area contributed by atoms with Gasteiger partial charge < -0.3 is 4.74 Å². The second kappa shape index (κ2) is 6.35. The quantitative estimate of drug-likeness (QED) is 0.646. The molecular weight excluding hydrogens is 260 g/mol. The second-order valence-corrected chi connectivity index (χ2v) is 4.97. The van der Waals surface area contributed by atoms with Crippen LogP contribution in [0, 0.1) is 0 Å². The van der Waals surface area contributed by atoms with Crippen LogP contribution in [0.3, 0.4) is 0 Å². The molecule has 3 heteroatoms. The van der Waals surface area contributed by atoms with E-state index < -0.39 is 0 Å². The Bertz CT molecular complexity index is 735. The van der Waals surface area contributed by atoms with Crippen molar-refractivity contribution < 1.29 is 4.74 Å². The molecule has 106 valence electrons. The van der Waals surface area contributed by atoms with Crippen LogP contribution < -0.4 is 4.74 Å². The van der Waals surface area contributed by atoms with Gasteiger partial charge in [-0.3, -0.25) is 4.98 Å². The molecule has 1 heterocycles. The summed E-state index contributed by atoms with van der Waals surface area (Å²) >= 11 is 0. The molecule has 21 heavy (non-hydrogen) atoms. The maximum absolute atomic E-state index is 5.65. The second-order valence-electron chi connectivity index (χ2n) is 4.97. The molecule has 0 atom stereocenters. The van der Waals surface area contributed by atoms with E-state index in [2.05, 4.69) is 41.2 Å². The first kappa shape index (κ1) is 13.6. The summed E-state index contributed by atoms with van der Waals surface area (Å²) in [6.07, 6.45) is 5.59. The van der Waals surface area contributed by atoms with Gasteiger partial charge in [0.25, 0.3) is 0 Å². The van der Waals surface area contributed by atoms with Crippen molar-refractivity contribution in [2.45, 2.75) is 19.8 Å². The molecule has 0 saturated heterocycles. The average molecular weight is 278 g/mol.